The minimum Gasteiger partial charge on any atom is -0.497 e. The molecule has 0 fully saturated rings. The molecule has 1 heterocycles. The lowest BCUT2D eigenvalue weighted by Crippen LogP contribution is -2.31. The van der Waals surface area contributed by atoms with Gasteiger partial charge in [-0.1, -0.05) is 30.3 Å². The number of carbonyl (C=O) groups excluding carboxylic acids is 1. The lowest BCUT2D eigenvalue weighted by atomic mass is 10.1. The van der Waals surface area contributed by atoms with Gasteiger partial charge in [-0.05, 0) is 36.2 Å². The van der Waals surface area contributed by atoms with Crippen LogP contribution >= 0.6 is 0 Å². The van der Waals surface area contributed by atoms with Gasteiger partial charge in [-0.15, -0.1) is 0 Å². The largest absolute Gasteiger partial charge is 0.497 e. The highest BCUT2D eigenvalue weighted by Gasteiger charge is 2.17. The molecular weight excluding hydrogens is 302 g/mol. The fourth-order valence-corrected chi connectivity index (χ4v) is 3.06. The van der Waals surface area contributed by atoms with Gasteiger partial charge in [0.05, 0.1) is 13.5 Å². The topological polar surface area (TPSA) is 69.3 Å². The summed E-state index contributed by atoms with van der Waals surface area (Å²) in [6.07, 6.45) is 0.244. The molecule has 0 unspecified atom stereocenters. The Kier molecular flexibility index (Phi) is 4.53. The molecule has 0 saturated carbocycles. The molecular formula is C19H21N3O2. The zero-order valence-corrected chi connectivity index (χ0v) is 13.9. The summed E-state index contributed by atoms with van der Waals surface area (Å²) in [7, 11) is 1.64. The van der Waals surface area contributed by atoms with Crippen molar-refractivity contribution in [3.05, 3.63) is 65.4 Å². The van der Waals surface area contributed by atoms with Crippen molar-refractivity contribution >= 4 is 16.8 Å². The van der Waals surface area contributed by atoms with Gasteiger partial charge in [0, 0.05) is 23.1 Å². The van der Waals surface area contributed by atoms with Gasteiger partial charge < -0.3 is 9.30 Å². The Morgan fingerprint density at radius 1 is 1.21 bits per heavy atom. The van der Waals surface area contributed by atoms with Gasteiger partial charge in [0.25, 0.3) is 0 Å². The van der Waals surface area contributed by atoms with Crippen molar-refractivity contribution in [3.8, 4) is 5.75 Å². The summed E-state index contributed by atoms with van der Waals surface area (Å²) in [6.45, 7) is 2.79. The summed E-state index contributed by atoms with van der Waals surface area (Å²) in [6, 6.07) is 16.2. The minimum atomic E-state index is -0.209. The van der Waals surface area contributed by atoms with E-state index in [2.05, 4.69) is 22.1 Å². The molecule has 0 radical (unpaired) electrons. The first-order valence-electron chi connectivity index (χ1n) is 7.83. The van der Waals surface area contributed by atoms with E-state index in [4.69, 9.17) is 10.6 Å². The van der Waals surface area contributed by atoms with E-state index >= 15 is 0 Å². The SMILES string of the molecule is COc1ccc2c(c1)c(CC(=O)NN)c(C)n2Cc1ccccc1. The summed E-state index contributed by atoms with van der Waals surface area (Å²) < 4.78 is 7.57. The van der Waals surface area contributed by atoms with Crippen LogP contribution in [0.3, 0.4) is 0 Å². The third-order valence-electron chi connectivity index (χ3n) is 4.34. The highest BCUT2D eigenvalue weighted by atomic mass is 16.5. The molecule has 1 amide bonds. The smallest absolute Gasteiger partial charge is 0.238 e. The van der Waals surface area contributed by atoms with Crippen LogP contribution in [0.4, 0.5) is 0 Å². The molecule has 5 heteroatoms. The maximum atomic E-state index is 11.8. The lowest BCUT2D eigenvalue weighted by molar-refractivity contribution is -0.120. The van der Waals surface area contributed by atoms with E-state index in [9.17, 15) is 4.79 Å². The number of fused-ring (bicyclic) bond motifs is 1. The van der Waals surface area contributed by atoms with Crippen molar-refractivity contribution in [1.82, 2.24) is 9.99 Å². The van der Waals surface area contributed by atoms with Crippen molar-refractivity contribution in [1.29, 1.82) is 0 Å². The predicted molar refractivity (Wildman–Crippen MR) is 94.8 cm³/mol. The number of carbonyl (C=O) groups is 1. The van der Waals surface area contributed by atoms with Crippen LogP contribution in [0, 0.1) is 6.92 Å². The molecule has 24 heavy (non-hydrogen) atoms. The number of rotatable bonds is 5. The van der Waals surface area contributed by atoms with Gasteiger partial charge in [-0.3, -0.25) is 10.2 Å². The Balaban J connectivity index is 2.14. The monoisotopic (exact) mass is 323 g/mol. The van der Waals surface area contributed by atoms with Gasteiger partial charge in [0.2, 0.25) is 5.91 Å². The fourth-order valence-electron chi connectivity index (χ4n) is 3.06. The molecule has 0 saturated heterocycles. The minimum absolute atomic E-state index is 0.209. The summed E-state index contributed by atoms with van der Waals surface area (Å²) in [5.74, 6) is 5.83. The Hall–Kier alpha value is -2.79. The van der Waals surface area contributed by atoms with Crippen LogP contribution < -0.4 is 16.0 Å². The number of hydrogen-bond donors (Lipinski definition) is 2. The Morgan fingerprint density at radius 2 is 1.96 bits per heavy atom. The number of hydrogen-bond acceptors (Lipinski definition) is 3. The average Bonchev–Trinajstić information content (AvgIpc) is 2.87. The number of hydrazine groups is 1. The zero-order valence-electron chi connectivity index (χ0n) is 13.9. The third kappa shape index (κ3) is 2.98. The quantitative estimate of drug-likeness (QED) is 0.431. The number of ether oxygens (including phenoxy) is 1. The van der Waals surface area contributed by atoms with E-state index in [-0.39, 0.29) is 12.3 Å². The van der Waals surface area contributed by atoms with E-state index in [1.54, 1.807) is 7.11 Å². The number of nitrogens with two attached hydrogens (primary N) is 1. The van der Waals surface area contributed by atoms with Crippen LogP contribution in [0.2, 0.25) is 0 Å². The first-order chi connectivity index (χ1) is 11.6. The maximum absolute atomic E-state index is 11.8. The van der Waals surface area contributed by atoms with E-state index in [0.29, 0.717) is 0 Å². The van der Waals surface area contributed by atoms with Gasteiger partial charge in [0.1, 0.15) is 5.75 Å². The van der Waals surface area contributed by atoms with Crippen molar-refractivity contribution in [2.24, 2.45) is 5.84 Å². The third-order valence-corrected chi connectivity index (χ3v) is 4.34. The van der Waals surface area contributed by atoms with Crippen molar-refractivity contribution in [2.75, 3.05) is 7.11 Å². The molecule has 5 nitrogen and oxygen atoms in total. The number of nitrogens with one attached hydrogen (secondary N) is 1. The summed E-state index contributed by atoms with van der Waals surface area (Å²) in [5.41, 5.74) is 6.54. The highest BCUT2D eigenvalue weighted by Crippen LogP contribution is 2.30. The zero-order chi connectivity index (χ0) is 17.1. The van der Waals surface area contributed by atoms with Gasteiger partial charge in [-0.2, -0.15) is 0 Å². The van der Waals surface area contributed by atoms with Crippen LogP contribution in [-0.2, 0) is 17.8 Å². The van der Waals surface area contributed by atoms with E-state index < -0.39 is 0 Å². The second kappa shape index (κ2) is 6.76. The van der Waals surface area contributed by atoms with Crippen LogP contribution in [-0.4, -0.2) is 17.6 Å². The van der Waals surface area contributed by atoms with Gasteiger partial charge >= 0.3 is 0 Å². The molecule has 0 atom stereocenters. The van der Waals surface area contributed by atoms with E-state index in [1.165, 1.54) is 5.56 Å². The van der Waals surface area contributed by atoms with Crippen molar-refractivity contribution in [3.63, 3.8) is 0 Å². The van der Waals surface area contributed by atoms with Crippen LogP contribution in [0.25, 0.3) is 10.9 Å². The fraction of sp³-hybridized carbons (Fsp3) is 0.211. The summed E-state index contributed by atoms with van der Waals surface area (Å²) in [5, 5.41) is 1.02. The average molecular weight is 323 g/mol. The Labute approximate surface area is 141 Å². The number of nitrogens with zero attached hydrogens (tertiary/aromatic N) is 1. The van der Waals surface area contributed by atoms with E-state index in [1.807, 2.05) is 43.3 Å². The molecule has 3 rings (SSSR count). The first kappa shape index (κ1) is 16.1. The molecule has 0 aliphatic rings. The molecule has 124 valence electrons. The molecule has 2 aromatic carbocycles. The molecule has 0 bridgehead atoms. The number of aromatic nitrogens is 1. The highest BCUT2D eigenvalue weighted by molar-refractivity contribution is 5.91. The molecule has 0 aliphatic carbocycles. The number of amides is 1. The van der Waals surface area contributed by atoms with Crippen LogP contribution in [0.5, 0.6) is 5.75 Å². The lowest BCUT2D eigenvalue weighted by Gasteiger charge is -2.09. The Bertz CT molecular complexity index is 869. The van der Waals surface area contributed by atoms with Crippen molar-refractivity contribution in [2.45, 2.75) is 19.9 Å². The van der Waals surface area contributed by atoms with E-state index in [0.717, 1.165) is 34.5 Å². The second-order valence-corrected chi connectivity index (χ2v) is 5.76. The first-order valence-corrected chi connectivity index (χ1v) is 7.83. The molecule has 1 aromatic heterocycles. The number of methoxy groups -OCH3 is 1. The summed E-state index contributed by atoms with van der Waals surface area (Å²) in [4.78, 5) is 11.8. The Morgan fingerprint density at radius 3 is 2.62 bits per heavy atom. The predicted octanol–water partition coefficient (Wildman–Crippen LogP) is 2.54. The standard InChI is InChI=1S/C19H21N3O2/c1-13-16(11-19(23)21-20)17-10-15(24-2)8-9-18(17)22(13)12-14-6-4-3-5-7-14/h3-10H,11-12,20H2,1-2H3,(H,21,23). The van der Waals surface area contributed by atoms with Gasteiger partial charge in [-0.25, -0.2) is 5.84 Å². The molecule has 0 aliphatic heterocycles. The number of benzene rings is 2. The normalized spacial score (nSPS) is 10.8. The van der Waals surface area contributed by atoms with Crippen LogP contribution in [0.15, 0.2) is 48.5 Å². The molecule has 0 spiro atoms. The molecule has 3 aromatic rings. The summed E-state index contributed by atoms with van der Waals surface area (Å²) >= 11 is 0. The van der Waals surface area contributed by atoms with Crippen LogP contribution in [0.1, 0.15) is 16.8 Å². The second-order valence-electron chi connectivity index (χ2n) is 5.76. The van der Waals surface area contributed by atoms with Gasteiger partial charge in [0.15, 0.2) is 0 Å². The molecule has 3 N–H and O–H groups in total. The maximum Gasteiger partial charge on any atom is 0.238 e. The van der Waals surface area contributed by atoms with Crippen molar-refractivity contribution < 1.29 is 9.53 Å².